The fraction of sp³-hybridized carbons (Fsp3) is 0.467. The Balaban J connectivity index is 1.71. The zero-order valence-corrected chi connectivity index (χ0v) is 12.0. The molecule has 1 aromatic carbocycles. The third-order valence-electron chi connectivity index (χ3n) is 4.48. The Kier molecular flexibility index (Phi) is 2.16. The van der Waals surface area contributed by atoms with Crippen molar-refractivity contribution in [1.82, 2.24) is 15.1 Å². The minimum Gasteiger partial charge on any atom is -0.490 e. The number of aromatic nitrogens is 2. The maximum atomic E-state index is 12.5. The molecule has 1 N–H and O–H groups in total. The maximum Gasteiger partial charge on any atom is 0.276 e. The van der Waals surface area contributed by atoms with Crippen molar-refractivity contribution in [3.05, 3.63) is 33.7 Å². The molecule has 4 rings (SSSR count). The summed E-state index contributed by atoms with van der Waals surface area (Å²) in [5, 5.41) is 7.81. The Hall–Kier alpha value is -1.59. The van der Waals surface area contributed by atoms with Gasteiger partial charge in [-0.25, -0.2) is 4.68 Å². The van der Waals surface area contributed by atoms with Gasteiger partial charge in [-0.1, -0.05) is 11.6 Å². The van der Waals surface area contributed by atoms with Gasteiger partial charge in [-0.3, -0.25) is 4.79 Å². The Morgan fingerprint density at radius 2 is 2.33 bits per heavy atom. The number of benzene rings is 1. The molecule has 21 heavy (non-hydrogen) atoms. The van der Waals surface area contributed by atoms with Crippen molar-refractivity contribution in [1.29, 1.82) is 0 Å². The summed E-state index contributed by atoms with van der Waals surface area (Å²) in [4.78, 5) is 12.5. The van der Waals surface area contributed by atoms with E-state index in [1.54, 1.807) is 12.1 Å². The molecular formula is C15H16ClN3O2. The first-order chi connectivity index (χ1) is 11.3. The predicted octanol–water partition coefficient (Wildman–Crippen LogP) is 1.72. The molecule has 1 aliphatic carbocycles. The number of fused-ring (bicyclic) bond motifs is 1. The number of nitrogens with zero attached hydrogens (tertiary/aromatic N) is 2. The van der Waals surface area contributed by atoms with Gasteiger partial charge in [-0.05, 0) is 25.0 Å². The smallest absolute Gasteiger partial charge is 0.276 e. The molecule has 1 saturated carbocycles. The highest BCUT2D eigenvalue weighted by atomic mass is 35.5. The lowest BCUT2D eigenvalue weighted by molar-refractivity contribution is -0.0489. The summed E-state index contributed by atoms with van der Waals surface area (Å²) in [7, 11) is 0. The van der Waals surface area contributed by atoms with Crippen molar-refractivity contribution in [2.75, 3.05) is 13.1 Å². The van der Waals surface area contributed by atoms with Crippen molar-refractivity contribution in [2.24, 2.45) is 12.4 Å². The molecule has 1 aliphatic heterocycles. The largest absolute Gasteiger partial charge is 0.490 e. The fourth-order valence-electron chi connectivity index (χ4n) is 3.23. The van der Waals surface area contributed by atoms with E-state index in [1.807, 2.05) is 0 Å². The van der Waals surface area contributed by atoms with Gasteiger partial charge in [0.2, 0.25) is 0 Å². The molecule has 2 aliphatic rings. The van der Waals surface area contributed by atoms with Crippen LogP contribution in [0.25, 0.3) is 10.8 Å². The fourth-order valence-corrected chi connectivity index (χ4v) is 3.48. The first kappa shape index (κ1) is 10.2. The Bertz CT molecular complexity index is 869. The summed E-state index contributed by atoms with van der Waals surface area (Å²) in [6.07, 6.45) is 3.39. The van der Waals surface area contributed by atoms with Crippen LogP contribution in [-0.2, 0) is 6.98 Å². The van der Waals surface area contributed by atoms with Crippen molar-refractivity contribution >= 4 is 22.4 Å². The second-order valence-corrected chi connectivity index (χ2v) is 6.35. The second-order valence-electron chi connectivity index (χ2n) is 5.95. The molecule has 0 bridgehead atoms. The molecular weight excluding hydrogens is 290 g/mol. The van der Waals surface area contributed by atoms with Gasteiger partial charge in [0.05, 0.1) is 28.1 Å². The number of hydrogen-bond acceptors (Lipinski definition) is 4. The van der Waals surface area contributed by atoms with Gasteiger partial charge >= 0.3 is 0 Å². The van der Waals surface area contributed by atoms with E-state index in [0.29, 0.717) is 21.2 Å². The summed E-state index contributed by atoms with van der Waals surface area (Å²) in [5.41, 5.74) is -0.365. The molecule has 0 unspecified atom stereocenters. The van der Waals surface area contributed by atoms with Crippen molar-refractivity contribution < 1.29 is 8.85 Å². The van der Waals surface area contributed by atoms with Crippen LogP contribution in [0.3, 0.4) is 0 Å². The molecule has 1 saturated heterocycles. The van der Waals surface area contributed by atoms with Crippen LogP contribution in [0.1, 0.15) is 17.0 Å². The topological polar surface area (TPSA) is 56.1 Å². The highest BCUT2D eigenvalue weighted by Gasteiger charge is 2.49. The van der Waals surface area contributed by atoms with E-state index in [2.05, 4.69) is 10.4 Å². The average molecular weight is 309 g/mol. The van der Waals surface area contributed by atoms with Gasteiger partial charge in [-0.15, -0.1) is 0 Å². The van der Waals surface area contributed by atoms with Crippen LogP contribution < -0.4 is 15.6 Å². The Labute approximate surface area is 131 Å². The highest BCUT2D eigenvalue weighted by molar-refractivity contribution is 6.35. The summed E-state index contributed by atoms with van der Waals surface area (Å²) in [6.45, 7) is -0.596. The minimum atomic E-state index is -2.65. The SMILES string of the molecule is [2H]C([2H])([2H])n1ncc2c(OC3CC4(CNC4)C3)ccc(Cl)c2c1=O. The number of halogens is 1. The third kappa shape index (κ3) is 1.95. The quantitative estimate of drug-likeness (QED) is 0.918. The number of hydrogen-bond donors (Lipinski definition) is 1. The maximum absolute atomic E-state index is 12.5. The summed E-state index contributed by atoms with van der Waals surface area (Å²) >= 11 is 6.13. The first-order valence-electron chi connectivity index (χ1n) is 8.38. The highest BCUT2D eigenvalue weighted by Crippen LogP contribution is 2.46. The Morgan fingerprint density at radius 3 is 3.00 bits per heavy atom. The third-order valence-corrected chi connectivity index (χ3v) is 4.79. The molecule has 2 aromatic rings. The predicted molar refractivity (Wildman–Crippen MR) is 80.9 cm³/mol. The van der Waals surface area contributed by atoms with Crippen molar-refractivity contribution in [2.45, 2.75) is 18.9 Å². The van der Waals surface area contributed by atoms with Gasteiger partial charge in [0, 0.05) is 29.6 Å². The summed E-state index contributed by atoms with van der Waals surface area (Å²) < 4.78 is 28.7. The summed E-state index contributed by atoms with van der Waals surface area (Å²) in [5.74, 6) is 0.517. The number of aryl methyl sites for hydroxylation is 1. The van der Waals surface area contributed by atoms with Gasteiger partial charge in [0.1, 0.15) is 5.75 Å². The molecule has 1 aromatic heterocycles. The van der Waals surface area contributed by atoms with E-state index < -0.39 is 12.5 Å². The summed E-state index contributed by atoms with van der Waals surface area (Å²) in [6, 6.07) is 3.26. The molecule has 110 valence electrons. The molecule has 0 radical (unpaired) electrons. The molecule has 0 atom stereocenters. The standard InChI is InChI=1S/C15H16ClN3O2/c1-19-14(20)13-10(6-18-19)12(3-2-11(13)16)21-9-4-15(5-9)7-17-8-15/h2-3,6,9,17H,4-5,7-8H2,1H3/i1D3. The lowest BCUT2D eigenvalue weighted by Gasteiger charge is -2.53. The van der Waals surface area contributed by atoms with Crippen LogP contribution in [0.5, 0.6) is 5.75 Å². The van der Waals surface area contributed by atoms with E-state index in [9.17, 15) is 4.79 Å². The van der Waals surface area contributed by atoms with Crippen LogP contribution in [-0.4, -0.2) is 29.0 Å². The molecule has 0 amide bonds. The van der Waals surface area contributed by atoms with Crippen molar-refractivity contribution in [3.8, 4) is 5.75 Å². The van der Waals surface area contributed by atoms with Crippen LogP contribution in [0.4, 0.5) is 0 Å². The average Bonchev–Trinajstić information content (AvgIpc) is 2.41. The van der Waals surface area contributed by atoms with Crippen molar-refractivity contribution in [3.63, 3.8) is 0 Å². The second kappa shape index (κ2) is 4.45. The monoisotopic (exact) mass is 308 g/mol. The molecule has 6 heteroatoms. The lowest BCUT2D eigenvalue weighted by atomic mass is 9.63. The van der Waals surface area contributed by atoms with E-state index in [0.717, 1.165) is 25.9 Å². The first-order valence-corrected chi connectivity index (χ1v) is 7.25. The number of rotatable bonds is 2. The van der Waals surface area contributed by atoms with E-state index in [4.69, 9.17) is 20.5 Å². The normalized spacial score (nSPS) is 23.0. The van der Waals surface area contributed by atoms with E-state index in [1.165, 1.54) is 6.20 Å². The van der Waals surface area contributed by atoms with Crippen LogP contribution >= 0.6 is 11.6 Å². The zero-order chi connectivity index (χ0) is 17.1. The van der Waals surface area contributed by atoms with Crippen LogP contribution in [0.2, 0.25) is 5.02 Å². The Morgan fingerprint density at radius 1 is 1.52 bits per heavy atom. The van der Waals surface area contributed by atoms with Gasteiger partial charge in [0.25, 0.3) is 5.56 Å². The lowest BCUT2D eigenvalue weighted by Crippen LogP contribution is -2.62. The zero-order valence-electron chi connectivity index (χ0n) is 14.2. The molecule has 2 heterocycles. The molecule has 5 nitrogen and oxygen atoms in total. The number of nitrogens with one attached hydrogen (secondary N) is 1. The number of ether oxygens (including phenoxy) is 1. The molecule has 2 fully saturated rings. The van der Waals surface area contributed by atoms with Gasteiger partial charge < -0.3 is 10.1 Å². The van der Waals surface area contributed by atoms with E-state index >= 15 is 0 Å². The van der Waals surface area contributed by atoms with E-state index in [-0.39, 0.29) is 16.5 Å². The molecule has 1 spiro atoms. The van der Waals surface area contributed by atoms with Crippen LogP contribution in [0.15, 0.2) is 23.1 Å². The minimum absolute atomic E-state index is 0.0986. The van der Waals surface area contributed by atoms with Gasteiger partial charge in [0.15, 0.2) is 0 Å². The van der Waals surface area contributed by atoms with Crippen LogP contribution in [0, 0.1) is 5.41 Å². The van der Waals surface area contributed by atoms with Gasteiger partial charge in [-0.2, -0.15) is 5.10 Å².